The summed E-state index contributed by atoms with van der Waals surface area (Å²) < 4.78 is 41.0. The number of nitrogens with one attached hydrogen (secondary N) is 1. The molecule has 3 heterocycles. The van der Waals surface area contributed by atoms with E-state index in [9.17, 15) is 4.79 Å². The number of aromatic nitrogens is 2. The van der Waals surface area contributed by atoms with Crippen molar-refractivity contribution < 1.29 is 22.7 Å². The van der Waals surface area contributed by atoms with Gasteiger partial charge >= 0.3 is 8.60 Å². The van der Waals surface area contributed by atoms with Gasteiger partial charge in [-0.2, -0.15) is 0 Å². The second kappa shape index (κ2) is 10.1. The molecule has 0 amide bonds. The molecule has 1 N–H and O–H groups in total. The average molecular weight is 565 g/mol. The first-order valence-electron chi connectivity index (χ1n) is 11.9. The number of ether oxygens (including phenoxy) is 1. The number of halogens is 2. The molecule has 0 aliphatic carbocycles. The van der Waals surface area contributed by atoms with E-state index in [1.807, 2.05) is 47.6 Å². The second-order valence-corrected chi connectivity index (χ2v) is 13.3. The highest BCUT2D eigenvalue weighted by molar-refractivity contribution is 7.71. The third kappa shape index (κ3) is 5.87. The van der Waals surface area contributed by atoms with Gasteiger partial charge in [-0.3, -0.25) is 18.9 Å². The fourth-order valence-electron chi connectivity index (χ4n) is 4.32. The number of benzene rings is 1. The Morgan fingerprint density at radius 1 is 1.19 bits per heavy atom. The van der Waals surface area contributed by atoms with E-state index in [1.54, 1.807) is 0 Å². The van der Waals surface area contributed by atoms with Crippen molar-refractivity contribution in [1.29, 1.82) is 0 Å². The minimum absolute atomic E-state index is 0.0220. The highest BCUT2D eigenvalue weighted by atomic mass is 35.5. The van der Waals surface area contributed by atoms with Gasteiger partial charge in [0.1, 0.15) is 38.5 Å². The molecule has 0 saturated carbocycles. The Morgan fingerprint density at radius 3 is 2.46 bits per heavy atom. The molecular formula is C24H29B2ClFN2O5PS. The molecule has 1 fully saturated rings. The zero-order valence-corrected chi connectivity index (χ0v) is 24.2. The molecule has 4 rings (SSSR count). The van der Waals surface area contributed by atoms with Gasteiger partial charge in [-0.15, -0.1) is 0 Å². The van der Waals surface area contributed by atoms with Crippen LogP contribution in [0.15, 0.2) is 17.1 Å². The number of H-pyrrole nitrogens is 1. The molecule has 2 aliphatic rings. The lowest BCUT2D eigenvalue weighted by atomic mass is 9.61. The van der Waals surface area contributed by atoms with Crippen LogP contribution in [-0.2, 0) is 31.2 Å². The summed E-state index contributed by atoms with van der Waals surface area (Å²) in [6.45, 7) is 11.9. The van der Waals surface area contributed by atoms with Gasteiger partial charge in [0.15, 0.2) is 4.77 Å². The second-order valence-electron chi connectivity index (χ2n) is 11.4. The van der Waals surface area contributed by atoms with Crippen LogP contribution < -0.4 is 10.1 Å². The van der Waals surface area contributed by atoms with Crippen molar-refractivity contribution in [1.82, 2.24) is 9.55 Å². The van der Waals surface area contributed by atoms with E-state index in [2.05, 4.69) is 4.98 Å². The summed E-state index contributed by atoms with van der Waals surface area (Å²) in [4.78, 5) is 14.2. The smallest absolute Gasteiger partial charge is 0.396 e. The first-order valence-corrected chi connectivity index (χ1v) is 13.8. The largest absolute Gasteiger partial charge is 0.426 e. The van der Waals surface area contributed by atoms with Gasteiger partial charge in [-0.05, 0) is 47.5 Å². The minimum Gasteiger partial charge on any atom is -0.426 e. The molecule has 1 saturated heterocycles. The van der Waals surface area contributed by atoms with Gasteiger partial charge in [0, 0.05) is 17.2 Å². The van der Waals surface area contributed by atoms with E-state index in [0.717, 1.165) is 5.56 Å². The Kier molecular flexibility index (Phi) is 7.83. The maximum absolute atomic E-state index is 15.5. The van der Waals surface area contributed by atoms with E-state index in [-0.39, 0.29) is 27.6 Å². The highest BCUT2D eigenvalue weighted by Gasteiger charge is 2.43. The molecule has 196 valence electrons. The van der Waals surface area contributed by atoms with Crippen molar-refractivity contribution in [2.24, 2.45) is 0 Å². The van der Waals surface area contributed by atoms with Crippen molar-refractivity contribution in [2.45, 2.75) is 89.6 Å². The molecule has 0 bridgehead atoms. The van der Waals surface area contributed by atoms with Crippen LogP contribution in [0.25, 0.3) is 0 Å². The SMILES string of the molecule is [B]C([B])(OP1OCc2c(F)c(C(C)(C)C)cc(C(C)(C)C)c2O1)C1CCC(n2cc(Cl)c(=O)[nH]c2=S)O1. The van der Waals surface area contributed by atoms with E-state index in [4.69, 9.17) is 57.8 Å². The van der Waals surface area contributed by atoms with Crippen molar-refractivity contribution in [3.8, 4) is 5.75 Å². The molecule has 13 heteroatoms. The molecular weight excluding hydrogens is 535 g/mol. The monoisotopic (exact) mass is 564 g/mol. The van der Waals surface area contributed by atoms with Crippen LogP contribution in [0.2, 0.25) is 5.02 Å². The molecule has 0 spiro atoms. The van der Waals surface area contributed by atoms with E-state index in [0.29, 0.717) is 29.7 Å². The summed E-state index contributed by atoms with van der Waals surface area (Å²) in [5.74, 6) is 0.0424. The highest BCUT2D eigenvalue weighted by Crippen LogP contribution is 2.54. The van der Waals surface area contributed by atoms with Crippen molar-refractivity contribution in [3.05, 3.63) is 54.9 Å². The van der Waals surface area contributed by atoms with E-state index >= 15 is 4.39 Å². The third-order valence-corrected chi connectivity index (χ3v) is 8.09. The lowest BCUT2D eigenvalue weighted by Crippen LogP contribution is -2.45. The molecule has 3 unspecified atom stereocenters. The number of hydrogen-bond acceptors (Lipinski definition) is 6. The average Bonchev–Trinajstić information content (AvgIpc) is 3.25. The zero-order chi connectivity index (χ0) is 27.5. The maximum Gasteiger partial charge on any atom is 0.396 e. The number of hydrogen-bond donors (Lipinski definition) is 1. The van der Waals surface area contributed by atoms with Gasteiger partial charge in [0.05, 0.1) is 18.3 Å². The van der Waals surface area contributed by atoms with Gasteiger partial charge in [0.2, 0.25) is 0 Å². The van der Waals surface area contributed by atoms with Crippen molar-refractivity contribution in [2.75, 3.05) is 0 Å². The number of fused-ring (bicyclic) bond motifs is 1. The standard InChI is InChI=1S/C24H29B2ClFN2O5PS/c1-22(2,3)13-9-14(23(4,5)6)19-12(18(13)28)11-32-36(34-19)35-24(25,26)16-7-8-17(33-16)30-10-15(27)20(31)29-21(30)37/h9-10,16-17H,7-8,11H2,1-6H3,(H,29,31,37). The molecule has 3 atom stereocenters. The third-order valence-electron chi connectivity index (χ3n) is 6.37. The van der Waals surface area contributed by atoms with Crippen LogP contribution in [-0.4, -0.2) is 36.7 Å². The van der Waals surface area contributed by atoms with Gasteiger partial charge < -0.3 is 13.8 Å². The fraction of sp³-hybridized carbons (Fsp3) is 0.583. The quantitative estimate of drug-likeness (QED) is 0.287. The summed E-state index contributed by atoms with van der Waals surface area (Å²) in [5, 5.41) is -1.80. The topological polar surface area (TPSA) is 74.7 Å². The summed E-state index contributed by atoms with van der Waals surface area (Å²) in [6.07, 6.45) is 1.04. The van der Waals surface area contributed by atoms with Gasteiger partial charge in [-0.25, -0.2) is 4.39 Å². The van der Waals surface area contributed by atoms with Crippen LogP contribution in [0.4, 0.5) is 4.39 Å². The first kappa shape index (κ1) is 28.8. The fourth-order valence-corrected chi connectivity index (χ4v) is 5.84. The molecule has 2 aromatic rings. The minimum atomic E-state index is -2.05. The van der Waals surface area contributed by atoms with Crippen LogP contribution in [0.3, 0.4) is 0 Å². The number of nitrogens with zero attached hydrogens (tertiary/aromatic N) is 1. The Bertz CT molecular complexity index is 1320. The summed E-state index contributed by atoms with van der Waals surface area (Å²) in [6, 6.07) is 1.86. The lowest BCUT2D eigenvalue weighted by Gasteiger charge is -2.38. The molecule has 2 aliphatic heterocycles. The van der Waals surface area contributed by atoms with Crippen molar-refractivity contribution in [3.63, 3.8) is 0 Å². The van der Waals surface area contributed by atoms with Gasteiger partial charge in [-0.1, -0.05) is 53.1 Å². The number of rotatable bonds is 4. The number of aromatic amines is 1. The summed E-state index contributed by atoms with van der Waals surface area (Å²) >= 11 is 11.2. The zero-order valence-electron chi connectivity index (χ0n) is 21.7. The molecule has 1 aromatic heterocycles. The van der Waals surface area contributed by atoms with E-state index in [1.165, 1.54) is 10.8 Å². The Labute approximate surface area is 230 Å². The first-order chi connectivity index (χ1) is 17.0. The van der Waals surface area contributed by atoms with Gasteiger partial charge in [0.25, 0.3) is 5.56 Å². The van der Waals surface area contributed by atoms with E-state index < -0.39 is 37.3 Å². The van der Waals surface area contributed by atoms with Crippen LogP contribution in [0, 0.1) is 10.6 Å². The summed E-state index contributed by atoms with van der Waals surface area (Å²) in [5.41, 5.74) is 0.557. The molecule has 4 radical (unpaired) electrons. The molecule has 37 heavy (non-hydrogen) atoms. The summed E-state index contributed by atoms with van der Waals surface area (Å²) in [7, 11) is 10.6. The lowest BCUT2D eigenvalue weighted by molar-refractivity contribution is -0.0462. The maximum atomic E-state index is 15.5. The Balaban J connectivity index is 1.55. The predicted molar refractivity (Wildman–Crippen MR) is 146 cm³/mol. The van der Waals surface area contributed by atoms with Crippen LogP contribution in [0.5, 0.6) is 5.75 Å². The Hall–Kier alpha value is -1.22. The van der Waals surface area contributed by atoms with Crippen LogP contribution in [0.1, 0.15) is 77.3 Å². The normalized spacial score (nSPS) is 22.5. The van der Waals surface area contributed by atoms with Crippen molar-refractivity contribution >= 4 is 48.1 Å². The molecule has 1 aromatic carbocycles. The predicted octanol–water partition coefficient (Wildman–Crippen LogP) is 5.81. The Morgan fingerprint density at radius 2 is 1.84 bits per heavy atom. The van der Waals surface area contributed by atoms with Crippen LogP contribution >= 0.6 is 32.4 Å². The molecule has 7 nitrogen and oxygen atoms in total.